The number of ether oxygens (including phenoxy) is 8. The van der Waals surface area contributed by atoms with Crippen molar-refractivity contribution in [2.24, 2.45) is 0 Å². The van der Waals surface area contributed by atoms with E-state index in [4.69, 9.17) is 37.9 Å². The highest BCUT2D eigenvalue weighted by atomic mass is 16.6. The van der Waals surface area contributed by atoms with Crippen molar-refractivity contribution in [3.05, 3.63) is 0 Å². The van der Waals surface area contributed by atoms with Gasteiger partial charge in [-0.3, -0.25) is 4.79 Å². The molecule has 0 aromatic rings. The van der Waals surface area contributed by atoms with Crippen molar-refractivity contribution < 1.29 is 42.7 Å². The van der Waals surface area contributed by atoms with Crippen LogP contribution in [0.4, 0.5) is 0 Å². The Morgan fingerprint density at radius 1 is 0.326 bits per heavy atom. The highest BCUT2D eigenvalue weighted by molar-refractivity contribution is 5.69. The van der Waals surface area contributed by atoms with E-state index in [-0.39, 0.29) is 5.97 Å². The molecule has 0 heterocycles. The molecule has 43 heavy (non-hydrogen) atoms. The summed E-state index contributed by atoms with van der Waals surface area (Å²) in [7, 11) is 0. The Kier molecular flexibility index (Phi) is 38.5. The van der Waals surface area contributed by atoms with Gasteiger partial charge in [-0.05, 0) is 12.8 Å². The summed E-state index contributed by atoms with van der Waals surface area (Å²) in [5.74, 6) is -0.124. The Balaban J connectivity index is 3.13. The zero-order valence-corrected chi connectivity index (χ0v) is 28.1. The van der Waals surface area contributed by atoms with Gasteiger partial charge in [0.15, 0.2) is 0 Å². The van der Waals surface area contributed by atoms with Crippen molar-refractivity contribution in [2.45, 2.75) is 117 Å². The summed E-state index contributed by atoms with van der Waals surface area (Å²) in [6, 6.07) is 0. The summed E-state index contributed by atoms with van der Waals surface area (Å²) in [5.41, 5.74) is 0. The minimum Gasteiger partial charge on any atom is -0.463 e. The van der Waals surface area contributed by atoms with E-state index < -0.39 is 0 Å². The molecule has 0 bridgehead atoms. The minimum atomic E-state index is -0.124. The van der Waals surface area contributed by atoms with Crippen molar-refractivity contribution in [1.29, 1.82) is 0 Å². The molecule has 0 aliphatic rings. The van der Waals surface area contributed by atoms with Gasteiger partial charge in [-0.15, -0.1) is 0 Å². The van der Waals surface area contributed by atoms with Crippen LogP contribution in [0.3, 0.4) is 0 Å². The van der Waals surface area contributed by atoms with Crippen LogP contribution >= 0.6 is 0 Å². The summed E-state index contributed by atoms with van der Waals surface area (Å²) in [6.07, 6.45) is 19.7. The summed E-state index contributed by atoms with van der Waals surface area (Å²) >= 11 is 0. The van der Waals surface area contributed by atoms with Crippen LogP contribution in [0.1, 0.15) is 117 Å². The molecular formula is C34H68O9. The molecule has 0 saturated heterocycles. The van der Waals surface area contributed by atoms with Gasteiger partial charge in [0.1, 0.15) is 6.61 Å². The zero-order valence-electron chi connectivity index (χ0n) is 28.1. The number of carbonyl (C=O) groups is 1. The van der Waals surface area contributed by atoms with Crippen LogP contribution in [0.15, 0.2) is 0 Å². The fourth-order valence-electron chi connectivity index (χ4n) is 4.24. The Labute approximate surface area is 264 Å². The van der Waals surface area contributed by atoms with Crippen molar-refractivity contribution >= 4 is 5.97 Å². The third-order valence-corrected chi connectivity index (χ3v) is 6.85. The summed E-state index contributed by atoms with van der Waals surface area (Å²) in [6.45, 7) is 12.4. The molecule has 0 spiro atoms. The van der Waals surface area contributed by atoms with Crippen LogP contribution in [0, 0.1) is 0 Å². The van der Waals surface area contributed by atoms with Crippen LogP contribution in [-0.4, -0.2) is 105 Å². The second kappa shape index (κ2) is 39.2. The van der Waals surface area contributed by atoms with E-state index in [2.05, 4.69) is 13.8 Å². The van der Waals surface area contributed by atoms with E-state index in [1.165, 1.54) is 70.6 Å². The number of unbranched alkanes of at least 4 members (excludes halogenated alkanes) is 13. The average Bonchev–Trinajstić information content (AvgIpc) is 3.01. The lowest BCUT2D eigenvalue weighted by Gasteiger charge is -2.09. The monoisotopic (exact) mass is 620 g/mol. The molecule has 0 aliphatic carbocycles. The quantitative estimate of drug-likeness (QED) is 0.0538. The number of carbonyl (C=O) groups excluding carboxylic acids is 1. The normalized spacial score (nSPS) is 11.4. The fourth-order valence-corrected chi connectivity index (χ4v) is 4.24. The molecule has 258 valence electrons. The van der Waals surface area contributed by atoms with E-state index in [9.17, 15) is 4.79 Å². The van der Waals surface area contributed by atoms with Gasteiger partial charge in [0.2, 0.25) is 0 Å². The maximum Gasteiger partial charge on any atom is 0.305 e. The number of rotatable bonds is 38. The average molecular weight is 621 g/mol. The predicted molar refractivity (Wildman–Crippen MR) is 172 cm³/mol. The summed E-state index contributed by atoms with van der Waals surface area (Å²) in [5, 5.41) is 0. The summed E-state index contributed by atoms with van der Waals surface area (Å²) in [4.78, 5) is 11.8. The molecule has 0 N–H and O–H groups in total. The predicted octanol–water partition coefficient (Wildman–Crippen LogP) is 6.93. The van der Waals surface area contributed by atoms with Crippen molar-refractivity contribution in [2.75, 3.05) is 99.1 Å². The van der Waals surface area contributed by atoms with Gasteiger partial charge in [0, 0.05) is 13.0 Å². The van der Waals surface area contributed by atoms with Crippen molar-refractivity contribution in [3.8, 4) is 0 Å². The maximum atomic E-state index is 11.8. The smallest absolute Gasteiger partial charge is 0.305 e. The Bertz CT molecular complexity index is 522. The Morgan fingerprint density at radius 3 is 0.953 bits per heavy atom. The third kappa shape index (κ3) is 39.2. The molecular weight excluding hydrogens is 552 g/mol. The molecule has 9 nitrogen and oxygen atoms in total. The summed E-state index contributed by atoms with van der Waals surface area (Å²) < 4.78 is 43.4. The van der Waals surface area contributed by atoms with E-state index in [1.54, 1.807) is 0 Å². The largest absolute Gasteiger partial charge is 0.463 e. The molecule has 0 rings (SSSR count). The maximum absolute atomic E-state index is 11.8. The van der Waals surface area contributed by atoms with Gasteiger partial charge in [-0.25, -0.2) is 0 Å². The Morgan fingerprint density at radius 2 is 0.605 bits per heavy atom. The molecule has 9 heteroatoms. The first-order valence-corrected chi connectivity index (χ1v) is 17.5. The van der Waals surface area contributed by atoms with Gasteiger partial charge in [0.05, 0.1) is 85.9 Å². The van der Waals surface area contributed by atoms with Crippen molar-refractivity contribution in [3.63, 3.8) is 0 Å². The van der Waals surface area contributed by atoms with Gasteiger partial charge >= 0.3 is 5.97 Å². The molecule has 0 aliphatic heterocycles. The van der Waals surface area contributed by atoms with Gasteiger partial charge in [0.25, 0.3) is 0 Å². The topological polar surface area (TPSA) is 90.9 Å². The zero-order chi connectivity index (χ0) is 31.2. The molecule has 0 amide bonds. The molecule has 0 atom stereocenters. The van der Waals surface area contributed by atoms with Gasteiger partial charge < -0.3 is 37.9 Å². The highest BCUT2D eigenvalue weighted by Gasteiger charge is 2.03. The molecule has 0 unspecified atom stereocenters. The van der Waals surface area contributed by atoms with E-state index in [0.29, 0.717) is 98.9 Å². The second-order valence-electron chi connectivity index (χ2n) is 10.9. The SMILES string of the molecule is CCCCCCCCCCCCCCCC(=O)OCCOCCOCCOCCOCCOCCOCCOCCCC. The minimum absolute atomic E-state index is 0.124. The fraction of sp³-hybridized carbons (Fsp3) is 0.971. The van der Waals surface area contributed by atoms with E-state index >= 15 is 0 Å². The lowest BCUT2D eigenvalue weighted by atomic mass is 10.0. The standard InChI is InChI=1S/C34H68O9/c1-3-5-7-8-9-10-11-12-13-14-15-16-17-18-34(35)43-33-32-42-31-30-41-29-28-40-27-26-39-25-24-38-23-22-37-21-20-36-19-6-4-2/h3-33H2,1-2H3. The number of esters is 1. The first kappa shape index (κ1) is 42.2. The van der Waals surface area contributed by atoms with Crippen LogP contribution in [0.5, 0.6) is 0 Å². The molecule has 0 aromatic carbocycles. The van der Waals surface area contributed by atoms with Crippen LogP contribution in [0.25, 0.3) is 0 Å². The molecule has 0 saturated carbocycles. The van der Waals surface area contributed by atoms with Gasteiger partial charge in [-0.1, -0.05) is 97.3 Å². The Hall–Kier alpha value is -0.810. The molecule has 0 radical (unpaired) electrons. The second-order valence-corrected chi connectivity index (χ2v) is 10.9. The first-order valence-electron chi connectivity index (χ1n) is 17.5. The first-order chi connectivity index (χ1) is 21.3. The van der Waals surface area contributed by atoms with E-state index in [1.807, 2.05) is 0 Å². The molecule has 0 aromatic heterocycles. The number of hydrogen-bond donors (Lipinski definition) is 0. The van der Waals surface area contributed by atoms with Crippen LogP contribution < -0.4 is 0 Å². The van der Waals surface area contributed by atoms with E-state index in [0.717, 1.165) is 32.3 Å². The van der Waals surface area contributed by atoms with Crippen LogP contribution in [0.2, 0.25) is 0 Å². The molecule has 0 fully saturated rings. The van der Waals surface area contributed by atoms with Gasteiger partial charge in [-0.2, -0.15) is 0 Å². The van der Waals surface area contributed by atoms with Crippen molar-refractivity contribution in [1.82, 2.24) is 0 Å². The highest BCUT2D eigenvalue weighted by Crippen LogP contribution is 2.13. The lowest BCUT2D eigenvalue weighted by Crippen LogP contribution is -2.15. The lowest BCUT2D eigenvalue weighted by molar-refractivity contribution is -0.145. The third-order valence-electron chi connectivity index (χ3n) is 6.85. The number of hydrogen-bond acceptors (Lipinski definition) is 9. The van der Waals surface area contributed by atoms with Crippen LogP contribution in [-0.2, 0) is 42.7 Å².